The molecule has 5 heteroatoms. The van der Waals surface area contributed by atoms with E-state index in [9.17, 15) is 0 Å². The van der Waals surface area contributed by atoms with Gasteiger partial charge in [-0.3, -0.25) is 0 Å². The van der Waals surface area contributed by atoms with Crippen molar-refractivity contribution < 1.29 is 4.42 Å². The smallest absolute Gasteiger partial charge is 0.143 e. The zero-order valence-electron chi connectivity index (χ0n) is 37.2. The van der Waals surface area contributed by atoms with Gasteiger partial charge >= 0.3 is 0 Å². The molecule has 0 aliphatic carbocycles. The van der Waals surface area contributed by atoms with Gasteiger partial charge in [-0.2, -0.15) is 0 Å². The van der Waals surface area contributed by atoms with Crippen LogP contribution < -0.4 is 21.0 Å². The maximum atomic E-state index is 7.17. The molecule has 0 unspecified atom stereocenters. The molecule has 0 atom stereocenters. The van der Waals surface area contributed by atoms with Crippen LogP contribution in [0.25, 0.3) is 77.2 Å². The van der Waals surface area contributed by atoms with Crippen molar-refractivity contribution in [2.24, 2.45) is 0 Å². The first-order valence-corrected chi connectivity index (χ1v) is 22.9. The normalized spacial score (nSPS) is 11.9. The second-order valence-electron chi connectivity index (χ2n) is 17.4. The highest BCUT2D eigenvalue weighted by Crippen LogP contribution is 2.55. The molecule has 1 aliphatic heterocycles. The third-order valence-corrected chi connectivity index (χ3v) is 13.7. The molecule has 12 rings (SSSR count). The van der Waals surface area contributed by atoms with Crippen molar-refractivity contribution in [1.29, 1.82) is 0 Å². The average molecular weight is 848 g/mol. The van der Waals surface area contributed by atoms with Crippen molar-refractivity contribution in [2.75, 3.05) is 15.5 Å². The molecule has 0 radical (unpaired) electrons. The summed E-state index contributed by atoms with van der Waals surface area (Å²) >= 11 is 0. The molecule has 11 aromatic rings. The lowest BCUT2D eigenvalue weighted by Crippen LogP contribution is -2.25. The van der Waals surface area contributed by atoms with Crippen molar-refractivity contribution in [2.45, 2.75) is 20.3 Å². The lowest BCUT2D eigenvalue weighted by Gasteiger charge is -2.36. The Morgan fingerprint density at radius 3 is 1.88 bits per heavy atom. The fraction of sp³-hybridized carbons (Fsp3) is 0.0492. The standard InChI is InChI=1S/C61H46BN3O/c1-3-43-46(44-24-12-10-18-38(44)2)27-17-30-53(43)65-54-36-42(64(40-20-6-4-7-21-40)41-22-8-5-9-23-41)33-34-48(54)57-49(58-45-25-13-11-19-39(45)32-35-52(58)63)28-16-29-50(57)59-60(62)55(65)37-51-47-26-14-15-31-56(47)66-61(51)59/h4-37H,3,62-63H2,1-2H3. The summed E-state index contributed by atoms with van der Waals surface area (Å²) < 4.78 is 7.00. The number of fused-ring (bicyclic) bond motifs is 11. The van der Waals surface area contributed by atoms with E-state index < -0.39 is 0 Å². The van der Waals surface area contributed by atoms with Gasteiger partial charge < -0.3 is 20.0 Å². The minimum atomic E-state index is 0.733. The Kier molecular flexibility index (Phi) is 9.39. The highest BCUT2D eigenvalue weighted by atomic mass is 16.3. The predicted molar refractivity (Wildman–Crippen MR) is 283 cm³/mol. The monoisotopic (exact) mass is 847 g/mol. The first kappa shape index (κ1) is 39.3. The number of hydrogen-bond donors (Lipinski definition) is 1. The third kappa shape index (κ3) is 6.15. The number of aryl methyl sites for hydroxylation is 1. The molecule has 10 aromatic carbocycles. The number of rotatable bonds is 7. The number of furan rings is 1. The average Bonchev–Trinajstić information content (AvgIpc) is 3.73. The van der Waals surface area contributed by atoms with Gasteiger partial charge in [-0.25, -0.2) is 0 Å². The van der Waals surface area contributed by atoms with Crippen LogP contribution in [0.2, 0.25) is 0 Å². The second-order valence-corrected chi connectivity index (χ2v) is 17.4. The zero-order valence-corrected chi connectivity index (χ0v) is 37.2. The van der Waals surface area contributed by atoms with E-state index in [1.54, 1.807) is 0 Å². The molecule has 2 heterocycles. The highest BCUT2D eigenvalue weighted by Gasteiger charge is 2.33. The number of hydrogen-bond acceptors (Lipinski definition) is 4. The van der Waals surface area contributed by atoms with Crippen molar-refractivity contribution in [3.8, 4) is 44.5 Å². The van der Waals surface area contributed by atoms with Crippen molar-refractivity contribution >= 4 is 85.8 Å². The number of nitrogens with zero attached hydrogens (tertiary/aromatic N) is 2. The number of benzene rings is 10. The lowest BCUT2D eigenvalue weighted by atomic mass is 9.77. The molecule has 2 N–H and O–H groups in total. The van der Waals surface area contributed by atoms with Crippen LogP contribution in [0.15, 0.2) is 211 Å². The summed E-state index contributed by atoms with van der Waals surface area (Å²) in [6.45, 7) is 4.50. The molecule has 66 heavy (non-hydrogen) atoms. The summed E-state index contributed by atoms with van der Waals surface area (Å²) in [7, 11) is 2.28. The zero-order chi connectivity index (χ0) is 44.5. The largest absolute Gasteiger partial charge is 0.455 e. The van der Waals surface area contributed by atoms with Crippen LogP contribution >= 0.6 is 0 Å². The van der Waals surface area contributed by atoms with Gasteiger partial charge in [-0.05, 0) is 124 Å². The molecule has 1 aliphatic rings. The van der Waals surface area contributed by atoms with Crippen molar-refractivity contribution in [3.63, 3.8) is 0 Å². The molecule has 314 valence electrons. The summed E-state index contributed by atoms with van der Waals surface area (Å²) in [5, 5.41) is 4.42. The quantitative estimate of drug-likeness (QED) is 0.128. The van der Waals surface area contributed by atoms with Gasteiger partial charge in [0.25, 0.3) is 0 Å². The van der Waals surface area contributed by atoms with Crippen LogP contribution in [0.4, 0.5) is 39.8 Å². The lowest BCUT2D eigenvalue weighted by molar-refractivity contribution is 0.670. The summed E-state index contributed by atoms with van der Waals surface area (Å²) in [6.07, 6.45) is 0.822. The Hall–Kier alpha value is -8.28. The van der Waals surface area contributed by atoms with E-state index >= 15 is 0 Å². The van der Waals surface area contributed by atoms with Gasteiger partial charge in [-0.15, -0.1) is 0 Å². The van der Waals surface area contributed by atoms with E-state index in [4.69, 9.17) is 10.2 Å². The van der Waals surface area contributed by atoms with Gasteiger partial charge in [0.1, 0.15) is 19.0 Å². The minimum absolute atomic E-state index is 0.733. The van der Waals surface area contributed by atoms with Crippen LogP contribution in [0.5, 0.6) is 0 Å². The summed E-state index contributed by atoms with van der Waals surface area (Å²) in [5.41, 5.74) is 28.7. The Labute approximate surface area is 386 Å². The van der Waals surface area contributed by atoms with Crippen LogP contribution in [-0.2, 0) is 6.42 Å². The fourth-order valence-electron chi connectivity index (χ4n) is 10.7. The van der Waals surface area contributed by atoms with Crippen molar-refractivity contribution in [1.82, 2.24) is 0 Å². The van der Waals surface area contributed by atoms with Crippen LogP contribution in [0.3, 0.4) is 0 Å². The number of para-hydroxylation sites is 3. The number of anilines is 7. The van der Waals surface area contributed by atoms with Crippen molar-refractivity contribution in [3.05, 3.63) is 217 Å². The molecule has 2 bridgehead atoms. The minimum Gasteiger partial charge on any atom is -0.455 e. The van der Waals surface area contributed by atoms with E-state index in [1.165, 1.54) is 22.3 Å². The summed E-state index contributed by atoms with van der Waals surface area (Å²) in [4.78, 5) is 4.92. The Morgan fingerprint density at radius 2 is 1.12 bits per heavy atom. The van der Waals surface area contributed by atoms with E-state index in [0.29, 0.717) is 0 Å². The predicted octanol–water partition coefficient (Wildman–Crippen LogP) is 15.4. The van der Waals surface area contributed by atoms with Gasteiger partial charge in [0.05, 0.1) is 5.69 Å². The molecule has 0 amide bonds. The Bertz CT molecular complexity index is 3650. The van der Waals surface area contributed by atoms with Crippen LogP contribution in [0.1, 0.15) is 18.1 Å². The van der Waals surface area contributed by atoms with Crippen LogP contribution in [-0.4, -0.2) is 7.85 Å². The topological polar surface area (TPSA) is 45.6 Å². The maximum Gasteiger partial charge on any atom is 0.143 e. The first-order valence-electron chi connectivity index (χ1n) is 22.9. The molecule has 0 saturated heterocycles. The Balaban J connectivity index is 1.27. The first-order chi connectivity index (χ1) is 32.5. The molecule has 1 aromatic heterocycles. The van der Waals surface area contributed by atoms with E-state index in [0.717, 1.165) is 118 Å². The maximum absolute atomic E-state index is 7.17. The van der Waals surface area contributed by atoms with Crippen LogP contribution in [0, 0.1) is 6.92 Å². The van der Waals surface area contributed by atoms with E-state index in [-0.39, 0.29) is 0 Å². The van der Waals surface area contributed by atoms with E-state index in [2.05, 4.69) is 238 Å². The van der Waals surface area contributed by atoms with Gasteiger partial charge in [-0.1, -0.05) is 158 Å². The Morgan fingerprint density at radius 1 is 0.485 bits per heavy atom. The second kappa shape index (κ2) is 15.8. The number of nitrogen functional groups attached to an aromatic ring is 1. The molecular weight excluding hydrogens is 802 g/mol. The van der Waals surface area contributed by atoms with Gasteiger partial charge in [0, 0.05) is 61.6 Å². The number of nitrogens with two attached hydrogens (primary N) is 1. The van der Waals surface area contributed by atoms with E-state index in [1.807, 2.05) is 0 Å². The SMILES string of the molecule is Bc1c2cc3c(oc4ccccc43)c1-c1cccc(-c3c(N)ccc4ccccc34)c1-c1ccc(N(c3ccccc3)c3ccccc3)cc1N2c1cccc(-c2ccccc2C)c1CC. The molecular formula is C61H46BN3O. The van der Waals surface area contributed by atoms with Gasteiger partial charge in [0.2, 0.25) is 0 Å². The third-order valence-electron chi connectivity index (χ3n) is 13.7. The molecule has 0 spiro atoms. The molecule has 4 nitrogen and oxygen atoms in total. The highest BCUT2D eigenvalue weighted by molar-refractivity contribution is 6.43. The summed E-state index contributed by atoms with van der Waals surface area (Å²) in [6, 6.07) is 74.3. The van der Waals surface area contributed by atoms with Gasteiger partial charge in [0.15, 0.2) is 0 Å². The summed E-state index contributed by atoms with van der Waals surface area (Å²) in [5.74, 6) is 0. The fourth-order valence-corrected chi connectivity index (χ4v) is 10.7. The molecule has 0 saturated carbocycles. The molecule has 0 fully saturated rings.